The van der Waals surface area contributed by atoms with Gasteiger partial charge in [0.25, 0.3) is 0 Å². The predicted octanol–water partition coefficient (Wildman–Crippen LogP) is 6.09. The van der Waals surface area contributed by atoms with Gasteiger partial charge in [0.1, 0.15) is 23.8 Å². The van der Waals surface area contributed by atoms with Crippen LogP contribution in [-0.4, -0.2) is 40.7 Å². The number of aryl methyl sites for hydroxylation is 1. The van der Waals surface area contributed by atoms with Gasteiger partial charge >= 0.3 is 12.1 Å². The quantitative estimate of drug-likeness (QED) is 0.267. The maximum absolute atomic E-state index is 12.7. The van der Waals surface area contributed by atoms with Gasteiger partial charge in [0, 0.05) is 12.1 Å². The molecule has 0 radical (unpaired) electrons. The normalized spacial score (nSPS) is 15.9. The second-order valence-electron chi connectivity index (χ2n) is 9.73. The molecule has 39 heavy (non-hydrogen) atoms. The molecule has 8 heteroatoms. The number of methoxy groups -OCH3 is 1. The number of amides is 1. The first-order valence-corrected chi connectivity index (χ1v) is 12.8. The summed E-state index contributed by atoms with van der Waals surface area (Å²) in [5.74, 6) is 2.26. The van der Waals surface area contributed by atoms with Crippen molar-refractivity contribution in [3.05, 3.63) is 101 Å². The molecule has 1 heterocycles. The molecule has 1 aliphatic rings. The number of aromatic nitrogens is 1. The van der Waals surface area contributed by atoms with Crippen LogP contribution >= 0.6 is 0 Å². The Morgan fingerprint density at radius 2 is 1.69 bits per heavy atom. The van der Waals surface area contributed by atoms with Crippen LogP contribution in [0, 0.1) is 12.8 Å². The number of carboxylic acid groups (broad SMARTS) is 1. The maximum Gasteiger partial charge on any atom is 0.416 e. The van der Waals surface area contributed by atoms with Crippen molar-refractivity contribution in [1.29, 1.82) is 0 Å². The van der Waals surface area contributed by atoms with E-state index in [0.717, 1.165) is 35.4 Å². The number of carbonyl (C=O) groups excluding carboxylic acids is 1. The van der Waals surface area contributed by atoms with Crippen LogP contribution in [0.4, 0.5) is 4.79 Å². The van der Waals surface area contributed by atoms with Crippen molar-refractivity contribution in [2.45, 2.75) is 32.2 Å². The van der Waals surface area contributed by atoms with E-state index in [9.17, 15) is 14.7 Å². The minimum absolute atomic E-state index is 0.121. The zero-order valence-electron chi connectivity index (χ0n) is 21.9. The number of rotatable bonds is 10. The molecule has 0 saturated heterocycles. The van der Waals surface area contributed by atoms with E-state index in [1.165, 1.54) is 10.5 Å². The van der Waals surface area contributed by atoms with Crippen LogP contribution in [-0.2, 0) is 17.8 Å². The van der Waals surface area contributed by atoms with Crippen LogP contribution in [0.2, 0.25) is 0 Å². The largest absolute Gasteiger partial charge is 0.497 e. The summed E-state index contributed by atoms with van der Waals surface area (Å²) in [6.07, 6.45) is 1.20. The van der Waals surface area contributed by atoms with Gasteiger partial charge in [-0.05, 0) is 79.1 Å². The highest BCUT2D eigenvalue weighted by atomic mass is 16.6. The van der Waals surface area contributed by atoms with E-state index in [4.69, 9.17) is 18.9 Å². The molecule has 0 bridgehead atoms. The van der Waals surface area contributed by atoms with E-state index >= 15 is 0 Å². The first-order valence-electron chi connectivity index (χ1n) is 12.8. The number of carboxylic acids is 1. The van der Waals surface area contributed by atoms with Crippen LogP contribution in [0.1, 0.15) is 34.9 Å². The lowest BCUT2D eigenvalue weighted by atomic mass is 10.0. The molecule has 1 N–H and O–H groups in total. The Hall–Kier alpha value is -4.59. The fourth-order valence-electron chi connectivity index (χ4n) is 4.70. The van der Waals surface area contributed by atoms with Gasteiger partial charge in [-0.15, -0.1) is 0 Å². The molecule has 1 amide bonds. The van der Waals surface area contributed by atoms with Crippen molar-refractivity contribution in [1.82, 2.24) is 9.88 Å². The smallest absolute Gasteiger partial charge is 0.416 e. The molecular formula is C31H30N2O6. The second-order valence-corrected chi connectivity index (χ2v) is 9.73. The Kier molecular flexibility index (Phi) is 7.63. The number of aliphatic carboxylic acids is 1. The predicted molar refractivity (Wildman–Crippen MR) is 145 cm³/mol. The number of hydrogen-bond donors (Lipinski definition) is 1. The van der Waals surface area contributed by atoms with Crippen LogP contribution in [0.15, 0.2) is 83.3 Å². The minimum Gasteiger partial charge on any atom is -0.497 e. The van der Waals surface area contributed by atoms with E-state index in [0.29, 0.717) is 29.2 Å². The van der Waals surface area contributed by atoms with Crippen molar-refractivity contribution in [2.24, 2.45) is 5.92 Å². The van der Waals surface area contributed by atoms with Crippen LogP contribution in [0.5, 0.6) is 11.5 Å². The van der Waals surface area contributed by atoms with Gasteiger partial charge in [0.15, 0.2) is 0 Å². The summed E-state index contributed by atoms with van der Waals surface area (Å²) < 4.78 is 16.4. The third kappa shape index (κ3) is 6.46. The topological polar surface area (TPSA) is 102 Å². The highest BCUT2D eigenvalue weighted by Crippen LogP contribution is 2.49. The first kappa shape index (κ1) is 26.0. The molecule has 200 valence electrons. The lowest BCUT2D eigenvalue weighted by Gasteiger charge is -2.20. The molecular weight excluding hydrogens is 496 g/mol. The molecule has 5 rings (SSSR count). The molecule has 1 aromatic heterocycles. The number of nitrogens with zero attached hydrogens (tertiary/aromatic N) is 2. The Morgan fingerprint density at radius 3 is 2.36 bits per heavy atom. The summed E-state index contributed by atoms with van der Waals surface area (Å²) >= 11 is 0. The van der Waals surface area contributed by atoms with Gasteiger partial charge in [-0.1, -0.05) is 42.5 Å². The van der Waals surface area contributed by atoms with Gasteiger partial charge in [-0.2, -0.15) is 0 Å². The third-order valence-corrected chi connectivity index (χ3v) is 6.92. The summed E-state index contributed by atoms with van der Waals surface area (Å²) in [6, 6.07) is 24.4. The Morgan fingerprint density at radius 1 is 1.00 bits per heavy atom. The SMILES string of the molecule is COc1ccc(OC(=O)N(CC(=O)O)Cc2ccc(C3CC3Cc3nc(-c4ccccc4)oc3C)cc2)cc1. The van der Waals surface area contributed by atoms with Crippen molar-refractivity contribution in [3.8, 4) is 23.0 Å². The lowest BCUT2D eigenvalue weighted by molar-refractivity contribution is -0.138. The average Bonchev–Trinajstić information content (AvgIpc) is 3.62. The number of hydrogen-bond acceptors (Lipinski definition) is 6. The number of oxazole rings is 1. The van der Waals surface area contributed by atoms with E-state index < -0.39 is 18.6 Å². The van der Waals surface area contributed by atoms with Crippen molar-refractivity contribution in [2.75, 3.05) is 13.7 Å². The fraction of sp³-hybridized carbons (Fsp3) is 0.258. The summed E-state index contributed by atoms with van der Waals surface area (Å²) in [7, 11) is 1.55. The number of carbonyl (C=O) groups is 2. The zero-order valence-corrected chi connectivity index (χ0v) is 21.9. The molecule has 1 aliphatic carbocycles. The van der Waals surface area contributed by atoms with Gasteiger partial charge in [0.05, 0.1) is 12.8 Å². The summed E-state index contributed by atoms with van der Waals surface area (Å²) in [5.41, 5.74) is 4.01. The molecule has 2 atom stereocenters. The van der Waals surface area contributed by atoms with Crippen LogP contribution in [0.3, 0.4) is 0 Å². The molecule has 0 spiro atoms. The maximum atomic E-state index is 12.7. The highest BCUT2D eigenvalue weighted by molar-refractivity contribution is 5.78. The van der Waals surface area contributed by atoms with Crippen LogP contribution in [0.25, 0.3) is 11.5 Å². The van der Waals surface area contributed by atoms with Crippen LogP contribution < -0.4 is 9.47 Å². The van der Waals surface area contributed by atoms with Crippen molar-refractivity contribution >= 4 is 12.1 Å². The third-order valence-electron chi connectivity index (χ3n) is 6.92. The summed E-state index contributed by atoms with van der Waals surface area (Å²) in [6.45, 7) is 1.61. The monoisotopic (exact) mass is 526 g/mol. The van der Waals surface area contributed by atoms with Gasteiger partial charge in [-0.25, -0.2) is 9.78 Å². The highest BCUT2D eigenvalue weighted by Gasteiger charge is 2.39. The van der Waals surface area contributed by atoms with E-state index in [1.807, 2.05) is 49.4 Å². The lowest BCUT2D eigenvalue weighted by Crippen LogP contribution is -2.37. The molecule has 0 aliphatic heterocycles. The van der Waals surface area contributed by atoms with E-state index in [-0.39, 0.29) is 6.54 Å². The standard InChI is InChI=1S/C31H30N2O6/c1-20-28(32-30(38-20)23-6-4-3-5-7-23)17-24-16-27(24)22-10-8-21(9-11-22)18-33(19-29(34)35)31(36)39-26-14-12-25(37-2)13-15-26/h3-15,24,27H,16-19H2,1-2H3,(H,34,35). The fourth-order valence-corrected chi connectivity index (χ4v) is 4.70. The molecule has 1 fully saturated rings. The summed E-state index contributed by atoms with van der Waals surface area (Å²) in [5, 5.41) is 9.33. The van der Waals surface area contributed by atoms with E-state index in [1.54, 1.807) is 31.4 Å². The molecule has 1 saturated carbocycles. The Bertz CT molecular complexity index is 1430. The number of ether oxygens (including phenoxy) is 2. The second kappa shape index (κ2) is 11.4. The van der Waals surface area contributed by atoms with E-state index in [2.05, 4.69) is 12.1 Å². The van der Waals surface area contributed by atoms with Gasteiger partial charge in [-0.3, -0.25) is 9.69 Å². The minimum atomic E-state index is -1.11. The Labute approximate surface area is 226 Å². The first-order chi connectivity index (χ1) is 18.9. The molecule has 8 nitrogen and oxygen atoms in total. The summed E-state index contributed by atoms with van der Waals surface area (Å²) in [4.78, 5) is 30.0. The molecule has 4 aromatic rings. The Balaban J connectivity index is 1.19. The molecule has 3 aromatic carbocycles. The van der Waals surface area contributed by atoms with Crippen molar-refractivity contribution in [3.63, 3.8) is 0 Å². The van der Waals surface area contributed by atoms with Gasteiger partial charge in [0.2, 0.25) is 5.89 Å². The zero-order chi connectivity index (χ0) is 27.4. The number of benzene rings is 3. The molecule has 2 unspecified atom stereocenters. The van der Waals surface area contributed by atoms with Gasteiger partial charge < -0.3 is 19.0 Å². The average molecular weight is 527 g/mol. The van der Waals surface area contributed by atoms with Crippen molar-refractivity contribution < 1.29 is 28.6 Å².